The number of H-pyrrole nitrogens is 1. The highest BCUT2D eigenvalue weighted by atomic mass is 35.5. The molecule has 2 aromatic rings. The minimum absolute atomic E-state index is 0.320. The van der Waals surface area contributed by atoms with Gasteiger partial charge < -0.3 is 0 Å². The maximum atomic E-state index is 11.2. The summed E-state index contributed by atoms with van der Waals surface area (Å²) in [5, 5.41) is 10.3. The number of hydrogen-bond donors (Lipinski definition) is 1. The molecule has 0 aliphatic rings. The third-order valence-corrected chi connectivity index (χ3v) is 2.08. The van der Waals surface area contributed by atoms with E-state index >= 15 is 0 Å². The summed E-state index contributed by atoms with van der Waals surface area (Å²) in [5.41, 5.74) is 0.00390. The number of aromatic amines is 1. The lowest BCUT2D eigenvalue weighted by Crippen LogP contribution is -2.09. The van der Waals surface area contributed by atoms with Gasteiger partial charge in [-0.05, 0) is 12.1 Å². The Hall–Kier alpha value is -1.13. The van der Waals surface area contributed by atoms with Crippen molar-refractivity contribution >= 4 is 34.1 Å². The highest BCUT2D eigenvalue weighted by Crippen LogP contribution is 2.23. The zero-order valence-corrected chi connectivity index (χ0v) is 7.73. The number of rotatable bonds is 0. The van der Waals surface area contributed by atoms with Crippen LogP contribution >= 0.6 is 23.2 Å². The van der Waals surface area contributed by atoms with Gasteiger partial charge in [-0.25, -0.2) is 5.10 Å². The first-order valence-electron chi connectivity index (χ1n) is 3.38. The molecule has 0 aliphatic carbocycles. The van der Waals surface area contributed by atoms with Gasteiger partial charge in [0.2, 0.25) is 0 Å². The molecule has 6 heteroatoms. The average Bonchev–Trinajstić information content (AvgIpc) is 2.07. The Bertz CT molecular complexity index is 523. The monoisotopic (exact) mass is 215 g/mol. The predicted octanol–water partition coefficient (Wildman–Crippen LogP) is 1.62. The molecular weight excluding hydrogens is 213 g/mol. The molecule has 66 valence electrons. The number of hydrogen-bond acceptors (Lipinski definition) is 3. The molecule has 1 N–H and O–H groups in total. The normalized spacial score (nSPS) is 10.6. The van der Waals surface area contributed by atoms with Crippen LogP contribution in [0.2, 0.25) is 10.0 Å². The largest absolute Gasteiger partial charge is 0.275 e. The van der Waals surface area contributed by atoms with E-state index in [0.29, 0.717) is 20.9 Å². The summed E-state index contributed by atoms with van der Waals surface area (Å²) >= 11 is 11.5. The van der Waals surface area contributed by atoms with E-state index < -0.39 is 0 Å². The highest BCUT2D eigenvalue weighted by molar-refractivity contribution is 6.38. The Labute approximate surface area is 82.5 Å². The molecular formula is C7H3Cl2N3O. The maximum Gasteiger partial charge on any atom is 0.275 e. The summed E-state index contributed by atoms with van der Waals surface area (Å²) in [6, 6.07) is 3.01. The molecule has 0 saturated carbocycles. The fourth-order valence-electron chi connectivity index (χ4n) is 1.02. The van der Waals surface area contributed by atoms with Crippen molar-refractivity contribution in [2.45, 2.75) is 0 Å². The van der Waals surface area contributed by atoms with Crippen molar-refractivity contribution in [2.24, 2.45) is 0 Å². The van der Waals surface area contributed by atoms with Gasteiger partial charge in [0, 0.05) is 5.02 Å². The lowest BCUT2D eigenvalue weighted by Gasteiger charge is -1.97. The minimum atomic E-state index is -0.352. The topological polar surface area (TPSA) is 58.6 Å². The van der Waals surface area contributed by atoms with Crippen LogP contribution < -0.4 is 5.56 Å². The molecule has 13 heavy (non-hydrogen) atoms. The molecule has 0 fully saturated rings. The Balaban J connectivity index is 3.03. The first kappa shape index (κ1) is 8.47. The van der Waals surface area contributed by atoms with E-state index in [4.69, 9.17) is 23.2 Å². The Kier molecular flexibility index (Phi) is 1.94. The molecule has 0 spiro atoms. The van der Waals surface area contributed by atoms with Gasteiger partial charge in [-0.15, -0.1) is 5.10 Å². The lowest BCUT2D eigenvalue weighted by molar-refractivity contribution is 0.872. The van der Waals surface area contributed by atoms with Gasteiger partial charge in [-0.1, -0.05) is 28.4 Å². The van der Waals surface area contributed by atoms with Crippen LogP contribution in [0.5, 0.6) is 0 Å². The smallest absolute Gasteiger partial charge is 0.267 e. The molecule has 0 unspecified atom stereocenters. The van der Waals surface area contributed by atoms with Crippen molar-refractivity contribution < 1.29 is 0 Å². The van der Waals surface area contributed by atoms with Crippen molar-refractivity contribution in [3.63, 3.8) is 0 Å². The van der Waals surface area contributed by atoms with Crippen molar-refractivity contribution in [2.75, 3.05) is 0 Å². The van der Waals surface area contributed by atoms with E-state index in [1.807, 2.05) is 0 Å². The highest BCUT2D eigenvalue weighted by Gasteiger charge is 2.05. The number of nitrogens with zero attached hydrogens (tertiary/aromatic N) is 2. The molecule has 0 bridgehead atoms. The number of nitrogens with one attached hydrogen (secondary N) is 1. The van der Waals surface area contributed by atoms with Gasteiger partial charge in [0.15, 0.2) is 0 Å². The number of benzene rings is 1. The second-order valence-electron chi connectivity index (χ2n) is 2.42. The molecule has 0 saturated heterocycles. The fraction of sp³-hybridized carbons (Fsp3) is 0. The molecule has 1 aromatic carbocycles. The van der Waals surface area contributed by atoms with Gasteiger partial charge in [0.1, 0.15) is 5.52 Å². The third kappa shape index (κ3) is 1.38. The molecule has 0 atom stereocenters. The second kappa shape index (κ2) is 2.97. The van der Waals surface area contributed by atoms with Gasteiger partial charge in [-0.2, -0.15) is 0 Å². The Morgan fingerprint density at radius 1 is 1.31 bits per heavy atom. The van der Waals surface area contributed by atoms with Crippen molar-refractivity contribution in [1.29, 1.82) is 0 Å². The van der Waals surface area contributed by atoms with Gasteiger partial charge in [0.25, 0.3) is 5.56 Å². The van der Waals surface area contributed by atoms with E-state index in [0.717, 1.165) is 0 Å². The quantitative estimate of drug-likeness (QED) is 0.727. The minimum Gasteiger partial charge on any atom is -0.267 e. The van der Waals surface area contributed by atoms with Crippen LogP contribution in [0.25, 0.3) is 10.9 Å². The van der Waals surface area contributed by atoms with Crippen LogP contribution in [0.4, 0.5) is 0 Å². The zero-order valence-electron chi connectivity index (χ0n) is 6.21. The van der Waals surface area contributed by atoms with Crippen LogP contribution in [0.1, 0.15) is 0 Å². The summed E-state index contributed by atoms with van der Waals surface area (Å²) in [4.78, 5) is 11.2. The standard InChI is InChI=1S/C7H3Cl2N3O/c8-3-1-4-6(5(9)2-3)10-12-11-7(4)13/h1-2H,(H,10,11,13). The van der Waals surface area contributed by atoms with E-state index in [9.17, 15) is 4.79 Å². The molecule has 0 amide bonds. The van der Waals surface area contributed by atoms with E-state index in [2.05, 4.69) is 15.4 Å². The summed E-state index contributed by atoms with van der Waals surface area (Å²) in [6.45, 7) is 0. The first-order valence-corrected chi connectivity index (χ1v) is 4.14. The first-order chi connectivity index (χ1) is 6.18. The van der Waals surface area contributed by atoms with E-state index in [1.54, 1.807) is 0 Å². The molecule has 1 aromatic heterocycles. The number of halogens is 2. The Morgan fingerprint density at radius 2 is 2.08 bits per heavy atom. The van der Waals surface area contributed by atoms with E-state index in [-0.39, 0.29) is 5.56 Å². The van der Waals surface area contributed by atoms with Gasteiger partial charge in [-0.3, -0.25) is 4.79 Å². The number of fused-ring (bicyclic) bond motifs is 1. The summed E-state index contributed by atoms with van der Waals surface area (Å²) in [7, 11) is 0. The van der Waals surface area contributed by atoms with Crippen molar-refractivity contribution in [3.05, 3.63) is 32.5 Å². The Morgan fingerprint density at radius 3 is 2.85 bits per heavy atom. The second-order valence-corrected chi connectivity index (χ2v) is 3.27. The zero-order chi connectivity index (χ0) is 9.42. The molecule has 0 aliphatic heterocycles. The molecule has 2 rings (SSSR count). The summed E-state index contributed by atoms with van der Waals surface area (Å²) < 4.78 is 0. The van der Waals surface area contributed by atoms with Crippen LogP contribution in [0.3, 0.4) is 0 Å². The summed E-state index contributed by atoms with van der Waals surface area (Å²) in [6.07, 6.45) is 0. The number of aromatic nitrogens is 3. The van der Waals surface area contributed by atoms with E-state index in [1.165, 1.54) is 12.1 Å². The SMILES string of the molecule is O=c1[nH]nnc2c(Cl)cc(Cl)cc12. The van der Waals surface area contributed by atoms with Crippen LogP contribution in [0, 0.1) is 0 Å². The van der Waals surface area contributed by atoms with Gasteiger partial charge in [0.05, 0.1) is 10.4 Å². The lowest BCUT2D eigenvalue weighted by atomic mass is 10.2. The summed E-state index contributed by atoms with van der Waals surface area (Å²) in [5.74, 6) is 0. The van der Waals surface area contributed by atoms with Crippen molar-refractivity contribution in [3.8, 4) is 0 Å². The van der Waals surface area contributed by atoms with Crippen LogP contribution in [-0.2, 0) is 0 Å². The van der Waals surface area contributed by atoms with Gasteiger partial charge >= 0.3 is 0 Å². The maximum absolute atomic E-state index is 11.2. The molecule has 4 nitrogen and oxygen atoms in total. The van der Waals surface area contributed by atoms with Crippen LogP contribution in [-0.4, -0.2) is 15.4 Å². The fourth-order valence-corrected chi connectivity index (χ4v) is 1.55. The predicted molar refractivity (Wildman–Crippen MR) is 50.2 cm³/mol. The molecule has 1 heterocycles. The third-order valence-electron chi connectivity index (χ3n) is 1.57. The van der Waals surface area contributed by atoms with Crippen LogP contribution in [0.15, 0.2) is 16.9 Å². The van der Waals surface area contributed by atoms with Crippen molar-refractivity contribution in [1.82, 2.24) is 15.4 Å². The average molecular weight is 216 g/mol. The molecule has 0 radical (unpaired) electrons.